The van der Waals surface area contributed by atoms with Crippen molar-refractivity contribution in [1.29, 1.82) is 0 Å². The molecule has 1 aromatic rings. The molecular formula is C19H29NO. The Morgan fingerprint density at radius 1 is 1.14 bits per heavy atom. The van der Waals surface area contributed by atoms with Crippen LogP contribution in [0.4, 0.5) is 0 Å². The first-order valence-electron chi connectivity index (χ1n) is 8.78. The molecule has 1 atom stereocenters. The molecule has 1 saturated carbocycles. The van der Waals surface area contributed by atoms with E-state index in [2.05, 4.69) is 36.1 Å². The summed E-state index contributed by atoms with van der Waals surface area (Å²) in [4.78, 5) is 2.59. The van der Waals surface area contributed by atoms with Gasteiger partial charge in [0.25, 0.3) is 0 Å². The van der Waals surface area contributed by atoms with Gasteiger partial charge in [0.15, 0.2) is 0 Å². The number of likely N-dealkylation sites (tertiary alicyclic amines) is 1. The lowest BCUT2D eigenvalue weighted by Gasteiger charge is -2.43. The van der Waals surface area contributed by atoms with Gasteiger partial charge in [-0.25, -0.2) is 0 Å². The van der Waals surface area contributed by atoms with E-state index < -0.39 is 0 Å². The fourth-order valence-corrected chi connectivity index (χ4v) is 4.43. The summed E-state index contributed by atoms with van der Waals surface area (Å²) in [5.74, 6) is 0. The van der Waals surface area contributed by atoms with Crippen LogP contribution in [0.2, 0.25) is 0 Å². The molecule has 1 aliphatic carbocycles. The van der Waals surface area contributed by atoms with Crippen LogP contribution in [-0.4, -0.2) is 28.6 Å². The maximum absolute atomic E-state index is 11.2. The molecule has 0 aromatic heterocycles. The van der Waals surface area contributed by atoms with Crippen LogP contribution >= 0.6 is 0 Å². The molecular weight excluding hydrogens is 258 g/mol. The van der Waals surface area contributed by atoms with E-state index >= 15 is 0 Å². The standard InChI is InChI=1S/C19H29NO/c1-2-8-16-9-7-10-17(15-16)18(21)19(11-3-4-12-19)20-13-5-6-14-20/h7,9-10,15,18,21H,2-6,8,11-14H2,1H3. The average molecular weight is 287 g/mol. The van der Waals surface area contributed by atoms with Crippen molar-refractivity contribution in [3.63, 3.8) is 0 Å². The van der Waals surface area contributed by atoms with Crippen molar-refractivity contribution in [2.45, 2.75) is 69.9 Å². The minimum absolute atomic E-state index is 0.0152. The second-order valence-corrected chi connectivity index (χ2v) is 6.90. The molecule has 1 unspecified atom stereocenters. The maximum Gasteiger partial charge on any atom is 0.0973 e. The zero-order valence-corrected chi connectivity index (χ0v) is 13.4. The lowest BCUT2D eigenvalue weighted by molar-refractivity contribution is -0.0196. The Labute approximate surface area is 129 Å². The Balaban J connectivity index is 1.86. The number of nitrogens with zero attached hydrogens (tertiary/aromatic N) is 1. The fraction of sp³-hybridized carbons (Fsp3) is 0.684. The van der Waals surface area contributed by atoms with Crippen molar-refractivity contribution in [3.05, 3.63) is 35.4 Å². The van der Waals surface area contributed by atoms with Crippen molar-refractivity contribution < 1.29 is 5.11 Å². The summed E-state index contributed by atoms with van der Waals surface area (Å²) in [6, 6.07) is 8.68. The Morgan fingerprint density at radius 3 is 2.52 bits per heavy atom. The Hall–Kier alpha value is -0.860. The Kier molecular flexibility index (Phi) is 4.66. The van der Waals surface area contributed by atoms with Crippen LogP contribution in [0, 0.1) is 0 Å². The predicted octanol–water partition coefficient (Wildman–Crippen LogP) is 4.08. The molecule has 1 aliphatic heterocycles. The molecule has 1 saturated heterocycles. The zero-order chi connectivity index (χ0) is 14.7. The second-order valence-electron chi connectivity index (χ2n) is 6.90. The lowest BCUT2D eigenvalue weighted by atomic mass is 9.83. The third-order valence-corrected chi connectivity index (χ3v) is 5.52. The summed E-state index contributed by atoms with van der Waals surface area (Å²) in [7, 11) is 0. The highest BCUT2D eigenvalue weighted by molar-refractivity contribution is 5.28. The SMILES string of the molecule is CCCc1cccc(C(O)C2(N3CCCC3)CCCC2)c1. The lowest BCUT2D eigenvalue weighted by Crippen LogP contribution is -2.49. The molecule has 1 heterocycles. The van der Waals surface area contributed by atoms with Crippen molar-refractivity contribution in [2.75, 3.05) is 13.1 Å². The van der Waals surface area contributed by atoms with Gasteiger partial charge in [-0.15, -0.1) is 0 Å². The van der Waals surface area contributed by atoms with Gasteiger partial charge in [-0.1, -0.05) is 50.5 Å². The van der Waals surface area contributed by atoms with Gasteiger partial charge in [0.05, 0.1) is 11.6 Å². The Morgan fingerprint density at radius 2 is 1.86 bits per heavy atom. The van der Waals surface area contributed by atoms with Crippen molar-refractivity contribution in [1.82, 2.24) is 4.90 Å². The number of aliphatic hydroxyl groups excluding tert-OH is 1. The summed E-state index contributed by atoms with van der Waals surface area (Å²) >= 11 is 0. The van der Waals surface area contributed by atoms with Crippen LogP contribution in [0.3, 0.4) is 0 Å². The molecule has 1 aromatic carbocycles. The third kappa shape index (κ3) is 2.89. The minimum atomic E-state index is -0.324. The first-order chi connectivity index (χ1) is 10.3. The van der Waals surface area contributed by atoms with Crippen LogP contribution in [-0.2, 0) is 6.42 Å². The fourth-order valence-electron chi connectivity index (χ4n) is 4.43. The summed E-state index contributed by atoms with van der Waals surface area (Å²) in [5, 5.41) is 11.2. The smallest absolute Gasteiger partial charge is 0.0973 e. The normalized spacial score (nSPS) is 23.5. The second kappa shape index (κ2) is 6.50. The molecule has 0 radical (unpaired) electrons. The topological polar surface area (TPSA) is 23.5 Å². The number of rotatable bonds is 5. The van der Waals surface area contributed by atoms with E-state index in [0.717, 1.165) is 31.2 Å². The number of hydrogen-bond donors (Lipinski definition) is 1. The molecule has 0 spiro atoms. The minimum Gasteiger partial charge on any atom is -0.386 e. The number of aliphatic hydroxyl groups is 1. The largest absolute Gasteiger partial charge is 0.386 e. The monoisotopic (exact) mass is 287 g/mol. The van der Waals surface area contributed by atoms with Crippen LogP contribution in [0.5, 0.6) is 0 Å². The summed E-state index contributed by atoms with van der Waals surface area (Å²) in [6.45, 7) is 4.56. The van der Waals surface area contributed by atoms with E-state index in [1.54, 1.807) is 0 Å². The number of benzene rings is 1. The molecule has 1 N–H and O–H groups in total. The van der Waals surface area contributed by atoms with E-state index in [0.29, 0.717) is 0 Å². The number of hydrogen-bond acceptors (Lipinski definition) is 2. The summed E-state index contributed by atoms with van der Waals surface area (Å²) < 4.78 is 0. The molecule has 0 amide bonds. The van der Waals surface area contributed by atoms with E-state index in [1.165, 1.54) is 44.3 Å². The maximum atomic E-state index is 11.2. The molecule has 2 heteroatoms. The van der Waals surface area contributed by atoms with Gasteiger partial charge in [0, 0.05) is 0 Å². The quantitative estimate of drug-likeness (QED) is 0.882. The summed E-state index contributed by atoms with van der Waals surface area (Å²) in [5.41, 5.74) is 2.51. The number of aryl methyl sites for hydroxylation is 1. The third-order valence-electron chi connectivity index (χ3n) is 5.52. The van der Waals surface area contributed by atoms with Crippen LogP contribution in [0.25, 0.3) is 0 Å². The van der Waals surface area contributed by atoms with Crippen LogP contribution in [0.1, 0.15) is 69.1 Å². The van der Waals surface area contributed by atoms with Crippen molar-refractivity contribution >= 4 is 0 Å². The zero-order valence-electron chi connectivity index (χ0n) is 13.4. The highest BCUT2D eigenvalue weighted by Crippen LogP contribution is 2.45. The molecule has 2 nitrogen and oxygen atoms in total. The molecule has 116 valence electrons. The molecule has 0 bridgehead atoms. The highest BCUT2D eigenvalue weighted by atomic mass is 16.3. The van der Waals surface area contributed by atoms with Gasteiger partial charge in [0.2, 0.25) is 0 Å². The summed E-state index contributed by atoms with van der Waals surface area (Å²) in [6.07, 6.45) is 9.39. The molecule has 2 fully saturated rings. The van der Waals surface area contributed by atoms with Crippen LogP contribution < -0.4 is 0 Å². The first kappa shape index (κ1) is 15.1. The van der Waals surface area contributed by atoms with E-state index in [-0.39, 0.29) is 11.6 Å². The van der Waals surface area contributed by atoms with Crippen LogP contribution in [0.15, 0.2) is 24.3 Å². The molecule has 21 heavy (non-hydrogen) atoms. The van der Waals surface area contributed by atoms with Gasteiger partial charge < -0.3 is 5.11 Å². The van der Waals surface area contributed by atoms with E-state index in [1.807, 2.05) is 0 Å². The average Bonchev–Trinajstić information content (AvgIpc) is 3.19. The van der Waals surface area contributed by atoms with Gasteiger partial charge in [-0.2, -0.15) is 0 Å². The van der Waals surface area contributed by atoms with Crippen molar-refractivity contribution in [2.24, 2.45) is 0 Å². The van der Waals surface area contributed by atoms with Gasteiger partial charge >= 0.3 is 0 Å². The van der Waals surface area contributed by atoms with Gasteiger partial charge in [0.1, 0.15) is 0 Å². The van der Waals surface area contributed by atoms with Gasteiger partial charge in [-0.3, -0.25) is 4.90 Å². The van der Waals surface area contributed by atoms with Crippen molar-refractivity contribution in [3.8, 4) is 0 Å². The highest BCUT2D eigenvalue weighted by Gasteiger charge is 2.46. The van der Waals surface area contributed by atoms with Gasteiger partial charge in [-0.05, 0) is 56.3 Å². The molecule has 3 rings (SSSR count). The van der Waals surface area contributed by atoms with E-state index in [9.17, 15) is 5.11 Å². The first-order valence-corrected chi connectivity index (χ1v) is 8.78. The molecule has 2 aliphatic rings. The Bertz CT molecular complexity index is 458. The van der Waals surface area contributed by atoms with E-state index in [4.69, 9.17) is 0 Å². The predicted molar refractivity (Wildman–Crippen MR) is 87.4 cm³/mol.